The number of fused-ring (bicyclic) bond motifs is 1. The van der Waals surface area contributed by atoms with Gasteiger partial charge in [0.05, 0.1) is 11.1 Å². The van der Waals surface area contributed by atoms with Crippen LogP contribution in [0.5, 0.6) is 0 Å². The van der Waals surface area contributed by atoms with E-state index in [0.717, 1.165) is 4.90 Å². The highest BCUT2D eigenvalue weighted by molar-refractivity contribution is 6.21. The second kappa shape index (κ2) is 6.43. The van der Waals surface area contributed by atoms with Crippen LogP contribution in [0.25, 0.3) is 0 Å². The summed E-state index contributed by atoms with van der Waals surface area (Å²) in [6, 6.07) is 6.68. The van der Waals surface area contributed by atoms with Gasteiger partial charge in [-0.2, -0.15) is 0 Å². The Morgan fingerprint density at radius 3 is 1.92 bits per heavy atom. The fraction of sp³-hybridized carbons (Fsp3) is 0.412. The Hall–Kier alpha value is -2.70. The molecule has 2 aliphatic heterocycles. The van der Waals surface area contributed by atoms with Gasteiger partial charge in [-0.25, -0.2) is 0 Å². The summed E-state index contributed by atoms with van der Waals surface area (Å²) in [4.78, 5) is 52.6. The molecule has 3 rings (SSSR count). The molecule has 0 N–H and O–H groups in total. The standard InChI is InChI=1S/C17H19N3O4/c1-12(21)18-8-10-19(11-9-18)15(22)6-7-20-16(23)13-4-2-3-5-14(13)17(20)24/h2-5H,6-11H2,1H3. The lowest BCUT2D eigenvalue weighted by molar-refractivity contribution is -0.138. The molecule has 24 heavy (non-hydrogen) atoms. The van der Waals surface area contributed by atoms with Gasteiger partial charge in [0.1, 0.15) is 0 Å². The molecule has 2 aliphatic rings. The maximum Gasteiger partial charge on any atom is 0.261 e. The highest BCUT2D eigenvalue weighted by atomic mass is 16.2. The molecule has 7 heteroatoms. The van der Waals surface area contributed by atoms with E-state index in [-0.39, 0.29) is 36.6 Å². The normalized spacial score (nSPS) is 17.3. The van der Waals surface area contributed by atoms with Crippen LogP contribution in [0.15, 0.2) is 24.3 Å². The van der Waals surface area contributed by atoms with Crippen molar-refractivity contribution >= 4 is 23.6 Å². The summed E-state index contributed by atoms with van der Waals surface area (Å²) in [5, 5.41) is 0. The fourth-order valence-corrected chi connectivity index (χ4v) is 3.08. The van der Waals surface area contributed by atoms with Gasteiger partial charge in [-0.15, -0.1) is 0 Å². The van der Waals surface area contributed by atoms with Crippen molar-refractivity contribution in [3.05, 3.63) is 35.4 Å². The first-order chi connectivity index (χ1) is 11.5. The first-order valence-corrected chi connectivity index (χ1v) is 7.97. The van der Waals surface area contributed by atoms with Crippen LogP contribution in [0.3, 0.4) is 0 Å². The minimum atomic E-state index is -0.343. The number of benzene rings is 1. The lowest BCUT2D eigenvalue weighted by Gasteiger charge is -2.34. The van der Waals surface area contributed by atoms with E-state index in [1.807, 2.05) is 0 Å². The number of carbonyl (C=O) groups excluding carboxylic acids is 4. The summed E-state index contributed by atoms with van der Waals surface area (Å²) >= 11 is 0. The van der Waals surface area contributed by atoms with E-state index in [4.69, 9.17) is 0 Å². The van der Waals surface area contributed by atoms with E-state index in [2.05, 4.69) is 0 Å². The first-order valence-electron chi connectivity index (χ1n) is 7.97. The Balaban J connectivity index is 1.55. The Kier molecular flexibility index (Phi) is 4.33. The van der Waals surface area contributed by atoms with Gasteiger partial charge in [0.2, 0.25) is 11.8 Å². The lowest BCUT2D eigenvalue weighted by atomic mass is 10.1. The van der Waals surface area contributed by atoms with Crippen molar-refractivity contribution in [3.63, 3.8) is 0 Å². The van der Waals surface area contributed by atoms with Gasteiger partial charge in [0.15, 0.2) is 0 Å². The Bertz CT molecular complexity index is 673. The zero-order valence-corrected chi connectivity index (χ0v) is 13.5. The van der Waals surface area contributed by atoms with Gasteiger partial charge in [-0.1, -0.05) is 12.1 Å². The molecule has 0 aromatic heterocycles. The summed E-state index contributed by atoms with van der Waals surface area (Å²) < 4.78 is 0. The van der Waals surface area contributed by atoms with Crippen molar-refractivity contribution in [2.24, 2.45) is 0 Å². The summed E-state index contributed by atoms with van der Waals surface area (Å²) in [7, 11) is 0. The summed E-state index contributed by atoms with van der Waals surface area (Å²) in [6.07, 6.45) is 0.103. The quantitative estimate of drug-likeness (QED) is 0.750. The van der Waals surface area contributed by atoms with Gasteiger partial charge in [0.25, 0.3) is 11.8 Å². The largest absolute Gasteiger partial charge is 0.339 e. The molecule has 7 nitrogen and oxygen atoms in total. The van der Waals surface area contributed by atoms with Gasteiger partial charge in [0, 0.05) is 46.1 Å². The third-order valence-electron chi connectivity index (χ3n) is 4.51. The maximum atomic E-state index is 12.3. The Morgan fingerprint density at radius 1 is 0.917 bits per heavy atom. The van der Waals surface area contributed by atoms with Gasteiger partial charge in [-0.05, 0) is 12.1 Å². The molecule has 0 aliphatic carbocycles. The number of hydrogen-bond acceptors (Lipinski definition) is 4. The summed E-state index contributed by atoms with van der Waals surface area (Å²) in [5.74, 6) is -0.780. The molecule has 0 saturated carbocycles. The van der Waals surface area contributed by atoms with Crippen molar-refractivity contribution in [2.45, 2.75) is 13.3 Å². The predicted octanol–water partition coefficient (Wildman–Crippen LogP) is 0.363. The van der Waals surface area contributed by atoms with E-state index < -0.39 is 0 Å². The second-order valence-corrected chi connectivity index (χ2v) is 5.94. The third-order valence-corrected chi connectivity index (χ3v) is 4.51. The smallest absolute Gasteiger partial charge is 0.261 e. The molecular weight excluding hydrogens is 310 g/mol. The van der Waals surface area contributed by atoms with Crippen LogP contribution in [0.1, 0.15) is 34.1 Å². The second-order valence-electron chi connectivity index (χ2n) is 5.94. The van der Waals surface area contributed by atoms with E-state index in [0.29, 0.717) is 37.3 Å². The van der Waals surface area contributed by atoms with Crippen LogP contribution in [-0.4, -0.2) is 71.1 Å². The maximum absolute atomic E-state index is 12.3. The minimum absolute atomic E-state index is 0.00752. The lowest BCUT2D eigenvalue weighted by Crippen LogP contribution is -2.50. The van der Waals surface area contributed by atoms with E-state index in [1.165, 1.54) is 6.92 Å². The van der Waals surface area contributed by atoms with Crippen LogP contribution < -0.4 is 0 Å². The van der Waals surface area contributed by atoms with Crippen LogP contribution in [0.2, 0.25) is 0 Å². The molecule has 0 atom stereocenters. The van der Waals surface area contributed by atoms with Crippen molar-refractivity contribution < 1.29 is 19.2 Å². The molecule has 1 saturated heterocycles. The molecule has 1 fully saturated rings. The highest BCUT2D eigenvalue weighted by Gasteiger charge is 2.35. The van der Waals surface area contributed by atoms with Gasteiger partial charge < -0.3 is 9.80 Å². The van der Waals surface area contributed by atoms with Crippen LogP contribution >= 0.6 is 0 Å². The molecule has 1 aromatic carbocycles. The van der Waals surface area contributed by atoms with Crippen LogP contribution in [-0.2, 0) is 9.59 Å². The zero-order valence-electron chi connectivity index (χ0n) is 13.5. The summed E-state index contributed by atoms with van der Waals surface area (Å²) in [6.45, 7) is 3.61. The minimum Gasteiger partial charge on any atom is -0.339 e. The highest BCUT2D eigenvalue weighted by Crippen LogP contribution is 2.22. The molecule has 0 bridgehead atoms. The molecule has 0 spiro atoms. The topological polar surface area (TPSA) is 78.0 Å². The fourth-order valence-electron chi connectivity index (χ4n) is 3.08. The number of imide groups is 1. The molecule has 0 radical (unpaired) electrons. The average Bonchev–Trinajstić information content (AvgIpc) is 2.84. The van der Waals surface area contributed by atoms with Crippen LogP contribution in [0, 0.1) is 0 Å². The number of amides is 4. The third kappa shape index (κ3) is 2.89. The van der Waals surface area contributed by atoms with Crippen LogP contribution in [0.4, 0.5) is 0 Å². The van der Waals surface area contributed by atoms with Crippen molar-refractivity contribution in [3.8, 4) is 0 Å². The molecular formula is C17H19N3O4. The summed E-state index contributed by atoms with van der Waals surface area (Å²) in [5.41, 5.74) is 0.787. The molecule has 4 amide bonds. The first kappa shape index (κ1) is 16.2. The van der Waals surface area contributed by atoms with E-state index >= 15 is 0 Å². The van der Waals surface area contributed by atoms with Crippen molar-refractivity contribution in [1.29, 1.82) is 0 Å². The molecule has 126 valence electrons. The van der Waals surface area contributed by atoms with Crippen molar-refractivity contribution in [1.82, 2.24) is 14.7 Å². The number of rotatable bonds is 3. The van der Waals surface area contributed by atoms with Crippen molar-refractivity contribution in [2.75, 3.05) is 32.7 Å². The molecule has 2 heterocycles. The monoisotopic (exact) mass is 329 g/mol. The Labute approximate surface area is 139 Å². The zero-order chi connectivity index (χ0) is 17.3. The predicted molar refractivity (Wildman–Crippen MR) is 85.3 cm³/mol. The molecule has 0 unspecified atom stereocenters. The number of nitrogens with zero attached hydrogens (tertiary/aromatic N) is 3. The van der Waals surface area contributed by atoms with Gasteiger partial charge >= 0.3 is 0 Å². The average molecular weight is 329 g/mol. The Morgan fingerprint density at radius 2 is 1.42 bits per heavy atom. The van der Waals surface area contributed by atoms with E-state index in [1.54, 1.807) is 34.1 Å². The van der Waals surface area contributed by atoms with E-state index in [9.17, 15) is 19.2 Å². The van der Waals surface area contributed by atoms with Gasteiger partial charge in [-0.3, -0.25) is 24.1 Å². The number of piperazine rings is 1. The SMILES string of the molecule is CC(=O)N1CCN(C(=O)CCN2C(=O)c3ccccc3C2=O)CC1. The number of hydrogen-bond donors (Lipinski definition) is 0. The number of carbonyl (C=O) groups is 4. The molecule has 1 aromatic rings.